The van der Waals surface area contributed by atoms with Gasteiger partial charge in [0.1, 0.15) is 11.8 Å². The zero-order chi connectivity index (χ0) is 15.8. The summed E-state index contributed by atoms with van der Waals surface area (Å²) in [5, 5.41) is 13.6. The molecule has 6 nitrogen and oxygen atoms in total. The highest BCUT2D eigenvalue weighted by Gasteiger charge is 2.12. The third kappa shape index (κ3) is 5.72. The summed E-state index contributed by atoms with van der Waals surface area (Å²) >= 11 is 0. The van der Waals surface area contributed by atoms with Crippen molar-refractivity contribution in [1.82, 2.24) is 10.6 Å². The largest absolute Gasteiger partial charge is 0.493 e. The van der Waals surface area contributed by atoms with Gasteiger partial charge in [-0.15, -0.1) is 0 Å². The minimum absolute atomic E-state index is 0.420. The van der Waals surface area contributed by atoms with Crippen LogP contribution in [-0.2, 0) is 4.79 Å². The molecule has 0 heterocycles. The average Bonchev–Trinajstić information content (AvgIpc) is 2.41. The van der Waals surface area contributed by atoms with E-state index in [0.717, 1.165) is 16.9 Å². The van der Waals surface area contributed by atoms with Crippen LogP contribution in [0.2, 0.25) is 0 Å². The van der Waals surface area contributed by atoms with E-state index in [4.69, 9.17) is 9.84 Å². The number of rotatable bonds is 7. The van der Waals surface area contributed by atoms with Gasteiger partial charge in [-0.1, -0.05) is 18.2 Å². The molecular formula is C15H22N2O4. The van der Waals surface area contributed by atoms with Crippen LogP contribution in [0.1, 0.15) is 24.5 Å². The van der Waals surface area contributed by atoms with Crippen LogP contribution in [0.3, 0.4) is 0 Å². The maximum Gasteiger partial charge on any atom is 0.325 e. The number of carbonyl (C=O) groups is 2. The molecule has 1 unspecified atom stereocenters. The molecule has 1 atom stereocenters. The minimum Gasteiger partial charge on any atom is -0.493 e. The Bertz CT molecular complexity index is 482. The van der Waals surface area contributed by atoms with Crippen LogP contribution in [0.25, 0.3) is 0 Å². The summed E-state index contributed by atoms with van der Waals surface area (Å²) in [7, 11) is 0. The van der Waals surface area contributed by atoms with Gasteiger partial charge < -0.3 is 20.5 Å². The zero-order valence-corrected chi connectivity index (χ0v) is 12.6. The molecule has 0 fully saturated rings. The van der Waals surface area contributed by atoms with Gasteiger partial charge in [0.25, 0.3) is 0 Å². The summed E-state index contributed by atoms with van der Waals surface area (Å²) in [6.07, 6.45) is 0.642. The van der Waals surface area contributed by atoms with Crippen LogP contribution < -0.4 is 15.4 Å². The van der Waals surface area contributed by atoms with E-state index in [2.05, 4.69) is 10.6 Å². The Morgan fingerprint density at radius 2 is 1.90 bits per heavy atom. The Morgan fingerprint density at radius 1 is 1.29 bits per heavy atom. The molecule has 0 aliphatic carbocycles. The molecule has 3 N–H and O–H groups in total. The molecule has 1 rings (SSSR count). The molecule has 0 aromatic heterocycles. The smallest absolute Gasteiger partial charge is 0.325 e. The number of aryl methyl sites for hydroxylation is 2. The highest BCUT2D eigenvalue weighted by atomic mass is 16.5. The standard InChI is InChI=1S/C15H22N2O4/c1-10-6-4-7-11(2)13(10)21-9-5-8-16-15(20)17-12(3)14(18)19/h4,6-7,12H,5,8-9H2,1-3H3,(H,18,19)(H2,16,17,20). The van der Waals surface area contributed by atoms with E-state index >= 15 is 0 Å². The third-order valence-electron chi connectivity index (χ3n) is 2.98. The topological polar surface area (TPSA) is 87.7 Å². The van der Waals surface area contributed by atoms with E-state index in [1.165, 1.54) is 6.92 Å². The number of nitrogens with one attached hydrogen (secondary N) is 2. The predicted molar refractivity (Wildman–Crippen MR) is 79.7 cm³/mol. The Labute approximate surface area is 124 Å². The summed E-state index contributed by atoms with van der Waals surface area (Å²) in [6, 6.07) is 4.56. The van der Waals surface area contributed by atoms with Crippen molar-refractivity contribution < 1.29 is 19.4 Å². The second-order valence-electron chi connectivity index (χ2n) is 4.88. The molecule has 0 saturated carbocycles. The van der Waals surface area contributed by atoms with Crippen molar-refractivity contribution >= 4 is 12.0 Å². The maximum absolute atomic E-state index is 11.4. The number of aliphatic carboxylic acids is 1. The highest BCUT2D eigenvalue weighted by molar-refractivity contribution is 5.82. The van der Waals surface area contributed by atoms with E-state index in [-0.39, 0.29) is 0 Å². The van der Waals surface area contributed by atoms with E-state index in [1.54, 1.807) is 0 Å². The second kappa shape index (κ2) is 8.14. The summed E-state index contributed by atoms with van der Waals surface area (Å²) in [5.74, 6) is -0.190. The summed E-state index contributed by atoms with van der Waals surface area (Å²) in [4.78, 5) is 21.9. The van der Waals surface area contributed by atoms with E-state index in [0.29, 0.717) is 19.6 Å². The molecule has 2 amide bonds. The van der Waals surface area contributed by atoms with Crippen molar-refractivity contribution in [2.45, 2.75) is 33.2 Å². The van der Waals surface area contributed by atoms with Crippen LogP contribution in [0, 0.1) is 13.8 Å². The van der Waals surface area contributed by atoms with Crippen molar-refractivity contribution in [1.29, 1.82) is 0 Å². The number of hydrogen-bond acceptors (Lipinski definition) is 3. The average molecular weight is 294 g/mol. The second-order valence-corrected chi connectivity index (χ2v) is 4.88. The molecule has 0 aliphatic rings. The number of amides is 2. The first kappa shape index (κ1) is 16.8. The number of benzene rings is 1. The first-order valence-electron chi connectivity index (χ1n) is 6.88. The van der Waals surface area contributed by atoms with Gasteiger partial charge >= 0.3 is 12.0 Å². The van der Waals surface area contributed by atoms with Gasteiger partial charge in [0.05, 0.1) is 6.61 Å². The van der Waals surface area contributed by atoms with Crippen LogP contribution >= 0.6 is 0 Å². The molecule has 0 aliphatic heterocycles. The minimum atomic E-state index is -1.07. The molecule has 0 radical (unpaired) electrons. The van der Waals surface area contributed by atoms with Crippen LogP contribution in [-0.4, -0.2) is 36.3 Å². The van der Waals surface area contributed by atoms with Crippen LogP contribution in [0.5, 0.6) is 5.75 Å². The molecule has 6 heteroatoms. The van der Waals surface area contributed by atoms with Crippen molar-refractivity contribution in [2.24, 2.45) is 0 Å². The van der Waals surface area contributed by atoms with Gasteiger partial charge in [0, 0.05) is 6.54 Å². The number of para-hydroxylation sites is 1. The lowest BCUT2D eigenvalue weighted by atomic mass is 10.1. The number of ether oxygens (including phenoxy) is 1. The Balaban J connectivity index is 2.23. The number of hydrogen-bond donors (Lipinski definition) is 3. The third-order valence-corrected chi connectivity index (χ3v) is 2.98. The van der Waals surface area contributed by atoms with Gasteiger partial charge in [-0.25, -0.2) is 4.79 Å². The van der Waals surface area contributed by atoms with Crippen molar-refractivity contribution in [2.75, 3.05) is 13.2 Å². The fourth-order valence-electron chi connectivity index (χ4n) is 1.78. The van der Waals surface area contributed by atoms with Gasteiger partial charge in [0.2, 0.25) is 0 Å². The molecule has 0 spiro atoms. The molecule has 0 bridgehead atoms. The molecule has 1 aromatic rings. The number of urea groups is 1. The first-order valence-corrected chi connectivity index (χ1v) is 6.88. The fourth-order valence-corrected chi connectivity index (χ4v) is 1.78. The summed E-state index contributed by atoms with van der Waals surface area (Å²) in [5.41, 5.74) is 2.16. The fraction of sp³-hybridized carbons (Fsp3) is 0.467. The highest BCUT2D eigenvalue weighted by Crippen LogP contribution is 2.22. The normalized spacial score (nSPS) is 11.6. The van der Waals surface area contributed by atoms with Crippen LogP contribution in [0.15, 0.2) is 18.2 Å². The zero-order valence-electron chi connectivity index (χ0n) is 12.6. The van der Waals surface area contributed by atoms with E-state index < -0.39 is 18.0 Å². The monoisotopic (exact) mass is 294 g/mol. The Hall–Kier alpha value is -2.24. The van der Waals surface area contributed by atoms with Gasteiger partial charge in [-0.3, -0.25) is 4.79 Å². The predicted octanol–water partition coefficient (Wildman–Crippen LogP) is 1.84. The van der Waals surface area contributed by atoms with Gasteiger partial charge in [0.15, 0.2) is 0 Å². The number of carbonyl (C=O) groups excluding carboxylic acids is 1. The SMILES string of the molecule is Cc1cccc(C)c1OCCCNC(=O)NC(C)C(=O)O. The Morgan fingerprint density at radius 3 is 2.48 bits per heavy atom. The summed E-state index contributed by atoms with van der Waals surface area (Å²) < 4.78 is 5.70. The van der Waals surface area contributed by atoms with Gasteiger partial charge in [-0.2, -0.15) is 0 Å². The van der Waals surface area contributed by atoms with E-state index in [1.807, 2.05) is 32.0 Å². The summed E-state index contributed by atoms with van der Waals surface area (Å²) in [6.45, 7) is 6.29. The molecular weight excluding hydrogens is 272 g/mol. The quantitative estimate of drug-likeness (QED) is 0.670. The lowest BCUT2D eigenvalue weighted by Gasteiger charge is -2.13. The maximum atomic E-state index is 11.4. The lowest BCUT2D eigenvalue weighted by molar-refractivity contribution is -0.138. The number of carboxylic acid groups (broad SMARTS) is 1. The van der Waals surface area contributed by atoms with Crippen LogP contribution in [0.4, 0.5) is 4.79 Å². The van der Waals surface area contributed by atoms with E-state index in [9.17, 15) is 9.59 Å². The molecule has 116 valence electrons. The molecule has 0 saturated heterocycles. The Kier molecular flexibility index (Phi) is 6.52. The molecule has 1 aromatic carbocycles. The van der Waals surface area contributed by atoms with Crippen molar-refractivity contribution in [3.05, 3.63) is 29.3 Å². The van der Waals surface area contributed by atoms with Crippen molar-refractivity contribution in [3.8, 4) is 5.75 Å². The van der Waals surface area contributed by atoms with Gasteiger partial charge in [-0.05, 0) is 38.3 Å². The van der Waals surface area contributed by atoms with Crippen molar-refractivity contribution in [3.63, 3.8) is 0 Å². The molecule has 21 heavy (non-hydrogen) atoms. The lowest BCUT2D eigenvalue weighted by Crippen LogP contribution is -2.44. The number of carboxylic acids is 1. The first-order chi connectivity index (χ1) is 9.91.